The Labute approximate surface area is 107 Å². The van der Waals surface area contributed by atoms with Crippen LogP contribution in [0, 0.1) is 5.41 Å². The van der Waals surface area contributed by atoms with Gasteiger partial charge in [-0.15, -0.1) is 0 Å². The van der Waals surface area contributed by atoms with Crippen LogP contribution < -0.4 is 10.6 Å². The highest BCUT2D eigenvalue weighted by Gasteiger charge is 2.37. The van der Waals surface area contributed by atoms with Gasteiger partial charge in [-0.3, -0.25) is 4.79 Å². The number of piperidine rings is 1. The van der Waals surface area contributed by atoms with Crippen LogP contribution in [-0.2, 0) is 11.2 Å². The third-order valence-electron chi connectivity index (χ3n) is 3.66. The van der Waals surface area contributed by atoms with Gasteiger partial charge in [0.2, 0.25) is 11.8 Å². The molecule has 0 radical (unpaired) electrons. The number of nitrogens with one attached hydrogen (secondary N) is 2. The molecule has 2 rings (SSSR count). The molecule has 1 saturated heterocycles. The van der Waals surface area contributed by atoms with E-state index in [2.05, 4.69) is 27.7 Å². The third kappa shape index (κ3) is 2.87. The summed E-state index contributed by atoms with van der Waals surface area (Å²) in [4.78, 5) is 16.2. The van der Waals surface area contributed by atoms with E-state index < -0.39 is 0 Å². The Morgan fingerprint density at radius 3 is 3.17 bits per heavy atom. The molecule has 2 N–H and O–H groups in total. The lowest BCUT2D eigenvalue weighted by Crippen LogP contribution is -2.50. The number of aromatic nitrogens is 2. The van der Waals surface area contributed by atoms with Crippen LogP contribution in [0.15, 0.2) is 10.9 Å². The van der Waals surface area contributed by atoms with Crippen LogP contribution in [0.1, 0.15) is 32.1 Å². The lowest BCUT2D eigenvalue weighted by Gasteiger charge is -2.35. The molecule has 2 heterocycles. The van der Waals surface area contributed by atoms with Crippen molar-refractivity contribution in [3.05, 3.63) is 12.2 Å². The van der Waals surface area contributed by atoms with Gasteiger partial charge >= 0.3 is 0 Å². The highest BCUT2D eigenvalue weighted by molar-refractivity contribution is 5.83. The predicted molar refractivity (Wildman–Crippen MR) is 65.8 cm³/mol. The highest BCUT2D eigenvalue weighted by Crippen LogP contribution is 2.30. The topological polar surface area (TPSA) is 80.1 Å². The van der Waals surface area contributed by atoms with Gasteiger partial charge in [-0.2, -0.15) is 4.98 Å². The second-order valence-electron chi connectivity index (χ2n) is 4.76. The Morgan fingerprint density at radius 1 is 1.67 bits per heavy atom. The zero-order valence-electron chi connectivity index (χ0n) is 10.7. The maximum atomic E-state index is 12.3. The standard InChI is InChI=1S/C12H20N4O2/c1-2-12(5-3-6-13-8-12)11(17)14-7-4-10-15-9-16-18-10/h9,13H,2-8H2,1H3,(H,14,17). The molecule has 18 heavy (non-hydrogen) atoms. The van der Waals surface area contributed by atoms with Crippen molar-refractivity contribution in [1.29, 1.82) is 0 Å². The van der Waals surface area contributed by atoms with Gasteiger partial charge in [-0.25, -0.2) is 0 Å². The predicted octanol–water partition coefficient (Wildman–Crippen LogP) is 0.508. The van der Waals surface area contributed by atoms with Crippen molar-refractivity contribution >= 4 is 5.91 Å². The Balaban J connectivity index is 1.82. The van der Waals surface area contributed by atoms with Crippen LogP contribution in [0.5, 0.6) is 0 Å². The molecule has 1 atom stereocenters. The summed E-state index contributed by atoms with van der Waals surface area (Å²) in [5, 5.41) is 9.82. The first-order valence-corrected chi connectivity index (χ1v) is 6.51. The minimum absolute atomic E-state index is 0.136. The summed E-state index contributed by atoms with van der Waals surface area (Å²) in [6.07, 6.45) is 4.84. The molecular weight excluding hydrogens is 232 g/mol. The second kappa shape index (κ2) is 5.95. The van der Waals surface area contributed by atoms with Gasteiger partial charge < -0.3 is 15.2 Å². The first kappa shape index (κ1) is 13.0. The van der Waals surface area contributed by atoms with E-state index in [0.717, 1.165) is 32.4 Å². The largest absolute Gasteiger partial charge is 0.355 e. The maximum absolute atomic E-state index is 12.3. The fraction of sp³-hybridized carbons (Fsp3) is 0.750. The molecule has 1 aliphatic heterocycles. The van der Waals surface area contributed by atoms with Gasteiger partial charge in [0.25, 0.3) is 0 Å². The van der Waals surface area contributed by atoms with Crippen LogP contribution in [0.4, 0.5) is 0 Å². The van der Waals surface area contributed by atoms with Crippen molar-refractivity contribution < 1.29 is 9.32 Å². The molecule has 1 aliphatic rings. The number of rotatable bonds is 5. The van der Waals surface area contributed by atoms with Crippen LogP contribution in [0.25, 0.3) is 0 Å². The Kier molecular flexibility index (Phi) is 4.30. The minimum Gasteiger partial charge on any atom is -0.355 e. The zero-order valence-corrected chi connectivity index (χ0v) is 10.7. The normalized spacial score (nSPS) is 23.8. The molecule has 0 spiro atoms. The summed E-state index contributed by atoms with van der Waals surface area (Å²) in [6, 6.07) is 0. The van der Waals surface area contributed by atoms with Crippen molar-refractivity contribution in [3.8, 4) is 0 Å². The Morgan fingerprint density at radius 2 is 2.56 bits per heavy atom. The quantitative estimate of drug-likeness (QED) is 0.798. The number of hydrogen-bond acceptors (Lipinski definition) is 5. The zero-order chi connectivity index (χ0) is 12.8. The molecule has 0 bridgehead atoms. The van der Waals surface area contributed by atoms with E-state index in [9.17, 15) is 4.79 Å². The Hall–Kier alpha value is -1.43. The first-order chi connectivity index (χ1) is 8.77. The molecule has 1 aromatic rings. The molecular formula is C12H20N4O2. The van der Waals surface area contributed by atoms with E-state index in [1.54, 1.807) is 0 Å². The second-order valence-corrected chi connectivity index (χ2v) is 4.76. The van der Waals surface area contributed by atoms with Crippen LogP contribution in [0.2, 0.25) is 0 Å². The van der Waals surface area contributed by atoms with E-state index in [1.165, 1.54) is 6.33 Å². The molecule has 6 nitrogen and oxygen atoms in total. The van der Waals surface area contributed by atoms with Crippen LogP contribution >= 0.6 is 0 Å². The number of nitrogens with zero attached hydrogens (tertiary/aromatic N) is 2. The minimum atomic E-state index is -0.243. The number of amides is 1. The fourth-order valence-corrected chi connectivity index (χ4v) is 2.40. The summed E-state index contributed by atoms with van der Waals surface area (Å²) in [6.45, 7) is 4.40. The van der Waals surface area contributed by atoms with E-state index in [0.29, 0.717) is 18.9 Å². The van der Waals surface area contributed by atoms with Gasteiger partial charge in [0.05, 0.1) is 5.41 Å². The monoisotopic (exact) mass is 252 g/mol. The molecule has 0 aromatic carbocycles. The number of hydrogen-bond donors (Lipinski definition) is 2. The molecule has 1 aromatic heterocycles. The third-order valence-corrected chi connectivity index (χ3v) is 3.66. The summed E-state index contributed by atoms with van der Waals surface area (Å²) in [5.74, 6) is 0.694. The first-order valence-electron chi connectivity index (χ1n) is 6.51. The molecule has 1 amide bonds. The van der Waals surface area contributed by atoms with Gasteiger partial charge in [-0.05, 0) is 25.8 Å². The summed E-state index contributed by atoms with van der Waals surface area (Å²) in [7, 11) is 0. The van der Waals surface area contributed by atoms with E-state index in [1.807, 2.05) is 0 Å². The molecule has 1 unspecified atom stereocenters. The molecule has 1 fully saturated rings. The summed E-state index contributed by atoms with van der Waals surface area (Å²) >= 11 is 0. The average Bonchev–Trinajstić information content (AvgIpc) is 2.92. The van der Waals surface area contributed by atoms with Crippen molar-refractivity contribution in [2.24, 2.45) is 5.41 Å². The van der Waals surface area contributed by atoms with Crippen LogP contribution in [-0.4, -0.2) is 35.7 Å². The molecule has 0 aliphatic carbocycles. The smallest absolute Gasteiger partial charge is 0.228 e. The lowest BCUT2D eigenvalue weighted by atomic mass is 9.77. The van der Waals surface area contributed by atoms with Gasteiger partial charge in [-0.1, -0.05) is 12.1 Å². The van der Waals surface area contributed by atoms with Crippen molar-refractivity contribution in [2.75, 3.05) is 19.6 Å². The fourth-order valence-electron chi connectivity index (χ4n) is 2.40. The van der Waals surface area contributed by atoms with Crippen molar-refractivity contribution in [3.63, 3.8) is 0 Å². The van der Waals surface area contributed by atoms with Gasteiger partial charge in [0, 0.05) is 19.5 Å². The van der Waals surface area contributed by atoms with E-state index in [4.69, 9.17) is 4.52 Å². The molecule has 0 saturated carbocycles. The van der Waals surface area contributed by atoms with Crippen LogP contribution in [0.3, 0.4) is 0 Å². The SMILES string of the molecule is CCC1(C(=O)NCCc2ncno2)CCCNC1. The van der Waals surface area contributed by atoms with Crippen molar-refractivity contribution in [1.82, 2.24) is 20.8 Å². The summed E-state index contributed by atoms with van der Waals surface area (Å²) < 4.78 is 4.89. The number of carbonyl (C=O) groups excluding carboxylic acids is 1. The molecule has 100 valence electrons. The molecule has 6 heteroatoms. The van der Waals surface area contributed by atoms with Crippen molar-refractivity contribution in [2.45, 2.75) is 32.6 Å². The Bertz CT molecular complexity index is 371. The average molecular weight is 252 g/mol. The summed E-state index contributed by atoms with van der Waals surface area (Å²) in [5.41, 5.74) is -0.243. The van der Waals surface area contributed by atoms with Gasteiger partial charge in [0.15, 0.2) is 6.33 Å². The van der Waals surface area contributed by atoms with E-state index in [-0.39, 0.29) is 11.3 Å². The highest BCUT2D eigenvalue weighted by atomic mass is 16.5. The number of carbonyl (C=O) groups is 1. The van der Waals surface area contributed by atoms with E-state index >= 15 is 0 Å². The van der Waals surface area contributed by atoms with Gasteiger partial charge in [0.1, 0.15) is 0 Å². The maximum Gasteiger partial charge on any atom is 0.228 e. The lowest BCUT2D eigenvalue weighted by molar-refractivity contribution is -0.132.